The fourth-order valence-electron chi connectivity index (χ4n) is 0.980. The van der Waals surface area contributed by atoms with Crippen molar-refractivity contribution in [1.82, 2.24) is 0 Å². The molecule has 1 rings (SSSR count). The molecule has 1 aromatic rings. The van der Waals surface area contributed by atoms with Crippen LogP contribution in [-0.2, 0) is 0 Å². The molecule has 5 heteroatoms. The Morgan fingerprint density at radius 3 is 2.71 bits per heavy atom. The van der Waals surface area contributed by atoms with Crippen molar-refractivity contribution in [2.24, 2.45) is 0 Å². The van der Waals surface area contributed by atoms with Gasteiger partial charge < -0.3 is 14.9 Å². The zero-order valence-corrected chi connectivity index (χ0v) is 9.04. The molecule has 0 fully saturated rings. The predicted octanol–water partition coefficient (Wildman–Crippen LogP) is 2.25. The van der Waals surface area contributed by atoms with Gasteiger partial charge >= 0.3 is 5.97 Å². The van der Waals surface area contributed by atoms with Gasteiger partial charge in [0.1, 0.15) is 17.1 Å². The summed E-state index contributed by atoms with van der Waals surface area (Å²) in [6.07, 6.45) is 0. The van der Waals surface area contributed by atoms with Crippen LogP contribution in [0.15, 0.2) is 16.6 Å². The zero-order chi connectivity index (χ0) is 10.7. The van der Waals surface area contributed by atoms with E-state index in [1.807, 2.05) is 0 Å². The molecule has 0 amide bonds. The molecule has 0 heterocycles. The van der Waals surface area contributed by atoms with Crippen LogP contribution in [0, 0.1) is 0 Å². The van der Waals surface area contributed by atoms with Gasteiger partial charge in [-0.05, 0) is 28.9 Å². The normalized spacial score (nSPS) is 9.86. The number of aromatic carboxylic acids is 1. The molecule has 1 aromatic carbocycles. The highest BCUT2D eigenvalue weighted by Crippen LogP contribution is 2.32. The maximum atomic E-state index is 10.6. The van der Waals surface area contributed by atoms with Gasteiger partial charge in [0.15, 0.2) is 0 Å². The first-order chi connectivity index (χ1) is 6.56. The first-order valence-corrected chi connectivity index (χ1v) is 4.74. The summed E-state index contributed by atoms with van der Waals surface area (Å²) in [7, 11) is 0. The quantitative estimate of drug-likeness (QED) is 0.875. The van der Waals surface area contributed by atoms with E-state index in [0.29, 0.717) is 16.8 Å². The topological polar surface area (TPSA) is 66.8 Å². The van der Waals surface area contributed by atoms with Gasteiger partial charge in [-0.15, -0.1) is 0 Å². The van der Waals surface area contributed by atoms with Crippen molar-refractivity contribution in [2.45, 2.75) is 6.92 Å². The number of hydrogen-bond donors (Lipinski definition) is 2. The lowest BCUT2D eigenvalue weighted by Gasteiger charge is -2.07. The van der Waals surface area contributed by atoms with Crippen LogP contribution in [0.3, 0.4) is 0 Å². The maximum absolute atomic E-state index is 10.6. The Morgan fingerprint density at radius 1 is 1.57 bits per heavy atom. The van der Waals surface area contributed by atoms with Crippen LogP contribution in [0.2, 0.25) is 0 Å². The molecule has 2 N–H and O–H groups in total. The van der Waals surface area contributed by atoms with Gasteiger partial charge in [0, 0.05) is 6.07 Å². The first kappa shape index (κ1) is 10.8. The third-order valence-electron chi connectivity index (χ3n) is 1.58. The number of carbonyl (C=O) groups is 1. The summed E-state index contributed by atoms with van der Waals surface area (Å²) in [6, 6.07) is 2.58. The van der Waals surface area contributed by atoms with Gasteiger partial charge in [0.25, 0.3) is 0 Å². The number of carboxylic acids is 1. The van der Waals surface area contributed by atoms with Gasteiger partial charge in [0.05, 0.1) is 11.1 Å². The number of carboxylic acid groups (broad SMARTS) is 1. The molecule has 0 saturated heterocycles. The van der Waals surface area contributed by atoms with Gasteiger partial charge in [-0.2, -0.15) is 0 Å². The van der Waals surface area contributed by atoms with Crippen LogP contribution in [0.25, 0.3) is 0 Å². The standard InChI is InChI=1S/C9H9BrO4/c1-2-14-8-4-7(11)5(9(12)13)3-6(8)10/h3-4,11H,2H2,1H3,(H,12,13). The van der Waals surface area contributed by atoms with Crippen LogP contribution in [-0.4, -0.2) is 22.8 Å². The molecule has 0 radical (unpaired) electrons. The molecule has 0 unspecified atom stereocenters. The molecular weight excluding hydrogens is 252 g/mol. The van der Waals surface area contributed by atoms with Crippen molar-refractivity contribution in [3.05, 3.63) is 22.2 Å². The average molecular weight is 261 g/mol. The van der Waals surface area contributed by atoms with Gasteiger partial charge in [-0.3, -0.25) is 0 Å². The third kappa shape index (κ3) is 2.17. The van der Waals surface area contributed by atoms with Gasteiger partial charge in [-0.25, -0.2) is 4.79 Å². The Balaban J connectivity index is 3.17. The Kier molecular flexibility index (Phi) is 3.35. The highest BCUT2D eigenvalue weighted by molar-refractivity contribution is 9.10. The first-order valence-electron chi connectivity index (χ1n) is 3.94. The number of halogens is 1. The molecule has 0 atom stereocenters. The number of hydrogen-bond acceptors (Lipinski definition) is 3. The summed E-state index contributed by atoms with van der Waals surface area (Å²) in [4.78, 5) is 10.6. The van der Waals surface area contributed by atoms with E-state index < -0.39 is 5.97 Å². The third-order valence-corrected chi connectivity index (χ3v) is 2.20. The molecular formula is C9H9BrO4. The van der Waals surface area contributed by atoms with Crippen molar-refractivity contribution in [3.8, 4) is 11.5 Å². The summed E-state index contributed by atoms with van der Waals surface area (Å²) >= 11 is 3.15. The Labute approximate surface area is 89.3 Å². The van der Waals surface area contributed by atoms with Crippen molar-refractivity contribution in [3.63, 3.8) is 0 Å². The van der Waals surface area contributed by atoms with E-state index in [-0.39, 0.29) is 11.3 Å². The lowest BCUT2D eigenvalue weighted by molar-refractivity contribution is 0.0693. The van der Waals surface area contributed by atoms with Gasteiger partial charge in [0.2, 0.25) is 0 Å². The van der Waals surface area contributed by atoms with Crippen molar-refractivity contribution >= 4 is 21.9 Å². The molecule has 14 heavy (non-hydrogen) atoms. The van der Waals surface area contributed by atoms with Crippen LogP contribution < -0.4 is 4.74 Å². The van der Waals surface area contributed by atoms with E-state index in [0.717, 1.165) is 0 Å². The summed E-state index contributed by atoms with van der Waals surface area (Å²) in [5, 5.41) is 18.0. The predicted molar refractivity (Wildman–Crippen MR) is 53.9 cm³/mol. The molecule has 0 spiro atoms. The Hall–Kier alpha value is -1.23. The van der Waals surface area contributed by atoms with E-state index in [1.165, 1.54) is 12.1 Å². The summed E-state index contributed by atoms with van der Waals surface area (Å²) in [6.45, 7) is 2.25. The van der Waals surface area contributed by atoms with E-state index in [4.69, 9.17) is 9.84 Å². The monoisotopic (exact) mass is 260 g/mol. The van der Waals surface area contributed by atoms with Crippen LogP contribution in [0.1, 0.15) is 17.3 Å². The molecule has 0 bridgehead atoms. The number of ether oxygens (including phenoxy) is 1. The van der Waals surface area contributed by atoms with Crippen molar-refractivity contribution in [2.75, 3.05) is 6.61 Å². The second-order valence-electron chi connectivity index (χ2n) is 2.54. The molecule has 0 aliphatic heterocycles. The van der Waals surface area contributed by atoms with Crippen LogP contribution in [0.5, 0.6) is 11.5 Å². The minimum Gasteiger partial charge on any atom is -0.507 e. The van der Waals surface area contributed by atoms with Gasteiger partial charge in [-0.1, -0.05) is 0 Å². The molecule has 0 aliphatic rings. The Morgan fingerprint density at radius 2 is 2.21 bits per heavy atom. The van der Waals surface area contributed by atoms with Crippen molar-refractivity contribution in [1.29, 1.82) is 0 Å². The minimum atomic E-state index is -1.17. The second-order valence-corrected chi connectivity index (χ2v) is 3.39. The van der Waals surface area contributed by atoms with Crippen LogP contribution >= 0.6 is 15.9 Å². The fourth-order valence-corrected chi connectivity index (χ4v) is 1.44. The summed E-state index contributed by atoms with van der Waals surface area (Å²) in [5.41, 5.74) is -0.152. The molecule has 0 aliphatic carbocycles. The van der Waals surface area contributed by atoms with E-state index in [1.54, 1.807) is 6.92 Å². The van der Waals surface area contributed by atoms with Crippen LogP contribution in [0.4, 0.5) is 0 Å². The number of benzene rings is 1. The lowest BCUT2D eigenvalue weighted by atomic mass is 10.2. The van der Waals surface area contributed by atoms with Crippen molar-refractivity contribution < 1.29 is 19.7 Å². The smallest absolute Gasteiger partial charge is 0.339 e. The molecule has 4 nitrogen and oxygen atoms in total. The lowest BCUT2D eigenvalue weighted by Crippen LogP contribution is -1.99. The highest BCUT2D eigenvalue weighted by atomic mass is 79.9. The average Bonchev–Trinajstić information content (AvgIpc) is 2.10. The SMILES string of the molecule is CCOc1cc(O)c(C(=O)O)cc1Br. The van der Waals surface area contributed by atoms with E-state index in [2.05, 4.69) is 15.9 Å². The second kappa shape index (κ2) is 4.32. The van der Waals surface area contributed by atoms with E-state index in [9.17, 15) is 9.90 Å². The fraction of sp³-hybridized carbons (Fsp3) is 0.222. The number of rotatable bonds is 3. The van der Waals surface area contributed by atoms with E-state index >= 15 is 0 Å². The minimum absolute atomic E-state index is 0.152. The molecule has 0 saturated carbocycles. The highest BCUT2D eigenvalue weighted by Gasteiger charge is 2.13. The maximum Gasteiger partial charge on any atom is 0.339 e. The Bertz CT molecular complexity index is 362. The number of aromatic hydroxyl groups is 1. The zero-order valence-electron chi connectivity index (χ0n) is 7.45. The molecule has 0 aromatic heterocycles. The number of phenols is 1. The molecule has 76 valence electrons. The summed E-state index contributed by atoms with van der Waals surface area (Å²) in [5.74, 6) is -1.05. The largest absolute Gasteiger partial charge is 0.507 e. The summed E-state index contributed by atoms with van der Waals surface area (Å²) < 4.78 is 5.66.